The van der Waals surface area contributed by atoms with E-state index in [1.54, 1.807) is 0 Å². The zero-order valence-corrected chi connectivity index (χ0v) is 8.99. The maximum atomic E-state index is 11.8. The number of ketones is 1. The zero-order chi connectivity index (χ0) is 11.1. The van der Waals surface area contributed by atoms with Crippen molar-refractivity contribution in [3.8, 4) is 6.07 Å². The van der Waals surface area contributed by atoms with Gasteiger partial charge in [0, 0.05) is 5.39 Å². The molecule has 0 saturated heterocycles. The van der Waals surface area contributed by atoms with Crippen LogP contribution in [-0.2, 0) is 0 Å². The largest absolute Gasteiger partial charge is 0.292 e. The molecule has 0 N–H and O–H groups in total. The molecule has 0 spiro atoms. The van der Waals surface area contributed by atoms with E-state index in [0.717, 1.165) is 10.9 Å². The monoisotopic (exact) mass is 226 g/mol. The molecule has 0 amide bonds. The lowest BCUT2D eigenvalue weighted by molar-refractivity contribution is 0.100. The topological polar surface area (TPSA) is 53.8 Å². The van der Waals surface area contributed by atoms with E-state index < -0.39 is 5.25 Å². The molecule has 2 aromatic rings. The lowest BCUT2D eigenvalue weighted by atomic mass is 10.1. The van der Waals surface area contributed by atoms with E-state index in [2.05, 4.69) is 4.98 Å². The summed E-state index contributed by atoms with van der Waals surface area (Å²) in [6.45, 7) is 0. The van der Waals surface area contributed by atoms with Crippen LogP contribution in [0, 0.1) is 11.3 Å². The summed E-state index contributed by atoms with van der Waals surface area (Å²) in [5, 5.41) is 9.82. The molecule has 0 radical (unpaired) electrons. The molecule has 3 rings (SSSR count). The lowest BCUT2D eigenvalue weighted by Crippen LogP contribution is -2.08. The van der Waals surface area contributed by atoms with Crippen LogP contribution < -0.4 is 0 Å². The fourth-order valence-electron chi connectivity index (χ4n) is 1.76. The molecular weight excluding hydrogens is 220 g/mol. The second kappa shape index (κ2) is 3.32. The minimum absolute atomic E-state index is 0.124. The zero-order valence-electron chi connectivity index (χ0n) is 8.18. The third-order valence-corrected chi connectivity index (χ3v) is 3.63. The van der Waals surface area contributed by atoms with Crippen molar-refractivity contribution in [1.82, 2.24) is 4.98 Å². The number of nitriles is 1. The quantitative estimate of drug-likeness (QED) is 0.692. The van der Waals surface area contributed by atoms with Gasteiger partial charge in [-0.05, 0) is 12.1 Å². The number of hydrogen-bond acceptors (Lipinski definition) is 4. The van der Waals surface area contributed by atoms with Crippen LogP contribution in [0.15, 0.2) is 35.4 Å². The molecule has 2 heterocycles. The van der Waals surface area contributed by atoms with Gasteiger partial charge in [0.25, 0.3) is 0 Å². The fourth-order valence-corrected chi connectivity index (χ4v) is 2.70. The Kier molecular flexibility index (Phi) is 1.95. The Balaban J connectivity index is 2.27. The first kappa shape index (κ1) is 9.37. The van der Waals surface area contributed by atoms with E-state index in [1.165, 1.54) is 11.8 Å². The van der Waals surface area contributed by atoms with Crippen LogP contribution in [0.3, 0.4) is 0 Å². The summed E-state index contributed by atoms with van der Waals surface area (Å²) in [4.78, 5) is 16.2. The van der Waals surface area contributed by atoms with Gasteiger partial charge >= 0.3 is 0 Å². The Labute approximate surface area is 96.1 Å². The maximum absolute atomic E-state index is 11.8. The summed E-state index contributed by atoms with van der Waals surface area (Å²) in [6, 6.07) is 11.4. The SMILES string of the molecule is N#CC1Sc2nc3ccccc3cc2C1=O. The molecule has 3 nitrogen and oxygen atoms in total. The molecule has 16 heavy (non-hydrogen) atoms. The van der Waals surface area contributed by atoms with Crippen molar-refractivity contribution >= 4 is 28.4 Å². The van der Waals surface area contributed by atoms with E-state index in [9.17, 15) is 4.79 Å². The van der Waals surface area contributed by atoms with Crippen molar-refractivity contribution in [2.24, 2.45) is 0 Å². The van der Waals surface area contributed by atoms with Gasteiger partial charge in [0.15, 0.2) is 11.0 Å². The third kappa shape index (κ3) is 1.22. The Morgan fingerprint density at radius 2 is 2.19 bits per heavy atom. The molecule has 76 valence electrons. The molecule has 1 aliphatic rings. The molecular formula is C12H6N2OS. The second-order valence-corrected chi connectivity index (χ2v) is 4.62. The van der Waals surface area contributed by atoms with Gasteiger partial charge in [0.05, 0.1) is 17.1 Å². The highest BCUT2D eigenvalue weighted by atomic mass is 32.2. The van der Waals surface area contributed by atoms with Crippen LogP contribution in [-0.4, -0.2) is 16.0 Å². The highest BCUT2D eigenvalue weighted by Gasteiger charge is 2.32. The lowest BCUT2D eigenvalue weighted by Gasteiger charge is -1.99. The Morgan fingerprint density at radius 1 is 1.38 bits per heavy atom. The van der Waals surface area contributed by atoms with Gasteiger partial charge in [-0.1, -0.05) is 30.0 Å². The number of thioether (sulfide) groups is 1. The van der Waals surface area contributed by atoms with Gasteiger partial charge in [0.1, 0.15) is 5.03 Å². The summed E-state index contributed by atoms with van der Waals surface area (Å²) in [6.07, 6.45) is 0. The summed E-state index contributed by atoms with van der Waals surface area (Å²) in [5.74, 6) is -0.124. The molecule has 0 fully saturated rings. The van der Waals surface area contributed by atoms with E-state index in [4.69, 9.17) is 5.26 Å². The second-order valence-electron chi connectivity index (χ2n) is 3.53. The minimum atomic E-state index is -0.626. The number of aromatic nitrogens is 1. The highest BCUT2D eigenvalue weighted by molar-refractivity contribution is 8.01. The number of carbonyl (C=O) groups excluding carboxylic acids is 1. The standard InChI is InChI=1S/C12H6N2OS/c13-6-10-11(15)8-5-7-3-1-2-4-9(7)14-12(8)16-10/h1-5,10H. The Morgan fingerprint density at radius 3 is 3.00 bits per heavy atom. The Hall–Kier alpha value is -1.86. The Bertz CT molecular complexity index is 645. The van der Waals surface area contributed by atoms with Gasteiger partial charge in [-0.2, -0.15) is 5.26 Å². The number of Topliss-reactive ketones (excluding diaryl/α,β-unsaturated/α-hetero) is 1. The fraction of sp³-hybridized carbons (Fsp3) is 0.0833. The molecule has 1 unspecified atom stereocenters. The third-order valence-electron chi connectivity index (χ3n) is 2.54. The predicted molar refractivity (Wildman–Crippen MR) is 61.3 cm³/mol. The van der Waals surface area contributed by atoms with Crippen LogP contribution in [0.25, 0.3) is 10.9 Å². The summed E-state index contributed by atoms with van der Waals surface area (Å²) < 4.78 is 0. The number of benzene rings is 1. The number of carbonyl (C=O) groups is 1. The summed E-state index contributed by atoms with van der Waals surface area (Å²) in [7, 11) is 0. The van der Waals surface area contributed by atoms with Crippen LogP contribution in [0.4, 0.5) is 0 Å². The first-order valence-electron chi connectivity index (χ1n) is 4.80. The van der Waals surface area contributed by atoms with Crippen LogP contribution >= 0.6 is 11.8 Å². The average molecular weight is 226 g/mol. The predicted octanol–water partition coefficient (Wildman–Crippen LogP) is 2.42. The number of hydrogen-bond donors (Lipinski definition) is 0. The summed E-state index contributed by atoms with van der Waals surface area (Å²) >= 11 is 1.24. The number of fused-ring (bicyclic) bond motifs is 2. The van der Waals surface area contributed by atoms with Crippen LogP contribution in [0.2, 0.25) is 0 Å². The van der Waals surface area contributed by atoms with Crippen molar-refractivity contribution in [3.05, 3.63) is 35.9 Å². The van der Waals surface area contributed by atoms with Crippen molar-refractivity contribution < 1.29 is 4.79 Å². The first-order valence-corrected chi connectivity index (χ1v) is 5.68. The van der Waals surface area contributed by atoms with E-state index in [0.29, 0.717) is 10.6 Å². The molecule has 4 heteroatoms. The molecule has 1 atom stereocenters. The van der Waals surface area contributed by atoms with Crippen molar-refractivity contribution in [2.75, 3.05) is 0 Å². The minimum Gasteiger partial charge on any atom is -0.292 e. The normalized spacial score (nSPS) is 18.4. The number of nitrogens with zero attached hydrogens (tertiary/aromatic N) is 2. The number of rotatable bonds is 0. The van der Waals surface area contributed by atoms with Crippen molar-refractivity contribution in [3.63, 3.8) is 0 Å². The number of pyridine rings is 1. The van der Waals surface area contributed by atoms with Gasteiger partial charge in [-0.25, -0.2) is 4.98 Å². The molecule has 0 aliphatic carbocycles. The molecule has 0 bridgehead atoms. The summed E-state index contributed by atoms with van der Waals surface area (Å²) in [5.41, 5.74) is 1.44. The highest BCUT2D eigenvalue weighted by Crippen LogP contribution is 2.36. The van der Waals surface area contributed by atoms with E-state index in [-0.39, 0.29) is 5.78 Å². The van der Waals surface area contributed by atoms with Crippen molar-refractivity contribution in [2.45, 2.75) is 10.3 Å². The van der Waals surface area contributed by atoms with Crippen LogP contribution in [0.1, 0.15) is 10.4 Å². The molecule has 0 saturated carbocycles. The van der Waals surface area contributed by atoms with Gasteiger partial charge < -0.3 is 0 Å². The molecule has 1 aromatic heterocycles. The first-order chi connectivity index (χ1) is 7.79. The number of para-hydroxylation sites is 1. The van der Waals surface area contributed by atoms with Gasteiger partial charge in [-0.15, -0.1) is 0 Å². The van der Waals surface area contributed by atoms with E-state index in [1.807, 2.05) is 36.4 Å². The molecule has 1 aromatic carbocycles. The van der Waals surface area contributed by atoms with E-state index >= 15 is 0 Å². The smallest absolute Gasteiger partial charge is 0.193 e. The van der Waals surface area contributed by atoms with Crippen LogP contribution in [0.5, 0.6) is 0 Å². The maximum Gasteiger partial charge on any atom is 0.193 e. The van der Waals surface area contributed by atoms with Crippen molar-refractivity contribution in [1.29, 1.82) is 5.26 Å². The van der Waals surface area contributed by atoms with Gasteiger partial charge in [-0.3, -0.25) is 4.79 Å². The average Bonchev–Trinajstić information content (AvgIpc) is 2.63. The van der Waals surface area contributed by atoms with Gasteiger partial charge in [0.2, 0.25) is 0 Å². The molecule has 1 aliphatic heterocycles.